The van der Waals surface area contributed by atoms with E-state index < -0.39 is 0 Å². The number of likely N-dealkylation sites (tertiary alicyclic amines) is 1. The average molecular weight is 371 g/mol. The van der Waals surface area contributed by atoms with Crippen LogP contribution < -0.4 is 4.90 Å². The lowest BCUT2D eigenvalue weighted by molar-refractivity contribution is -0.130. The Hall–Kier alpha value is -2.41. The molecule has 0 radical (unpaired) electrons. The van der Waals surface area contributed by atoms with Gasteiger partial charge in [0.15, 0.2) is 0 Å². The molecule has 1 atom stereocenters. The van der Waals surface area contributed by atoms with E-state index in [0.29, 0.717) is 6.54 Å². The number of carbonyl (C=O) groups excluding carboxylic acids is 1. The number of aromatic nitrogens is 3. The highest BCUT2D eigenvalue weighted by Crippen LogP contribution is 2.26. The van der Waals surface area contributed by atoms with Gasteiger partial charge in [0.25, 0.3) is 0 Å². The minimum atomic E-state index is 0.168. The number of amides is 1. The molecule has 3 rings (SSSR count). The van der Waals surface area contributed by atoms with E-state index in [4.69, 9.17) is 0 Å². The van der Waals surface area contributed by atoms with E-state index in [0.717, 1.165) is 49.8 Å². The Morgan fingerprint density at radius 1 is 1.19 bits per heavy atom. The van der Waals surface area contributed by atoms with Gasteiger partial charge in [-0.1, -0.05) is 18.2 Å². The summed E-state index contributed by atoms with van der Waals surface area (Å²) in [6, 6.07) is 10.0. The van der Waals surface area contributed by atoms with Crippen molar-refractivity contribution in [3.05, 3.63) is 42.0 Å². The Bertz CT molecular complexity index is 757. The Balaban J connectivity index is 1.64. The van der Waals surface area contributed by atoms with E-state index in [1.54, 1.807) is 0 Å². The van der Waals surface area contributed by atoms with Crippen LogP contribution in [0.2, 0.25) is 0 Å². The molecule has 1 amide bonds. The van der Waals surface area contributed by atoms with Crippen molar-refractivity contribution in [2.75, 3.05) is 45.7 Å². The van der Waals surface area contributed by atoms with E-state index in [1.807, 2.05) is 68.3 Å². The number of rotatable bonds is 6. The average Bonchev–Trinajstić information content (AvgIpc) is 3.02. The SMILES string of the molecule is CN(C)Cc1nnc(C2CCCN(C(=O)CN(C)c3ccccc3)C2)n1C. The van der Waals surface area contributed by atoms with Gasteiger partial charge in [-0.05, 0) is 39.1 Å². The molecule has 27 heavy (non-hydrogen) atoms. The van der Waals surface area contributed by atoms with Crippen molar-refractivity contribution in [3.63, 3.8) is 0 Å². The quantitative estimate of drug-likeness (QED) is 0.775. The largest absolute Gasteiger partial charge is 0.365 e. The second-order valence-corrected chi connectivity index (χ2v) is 7.64. The predicted octanol–water partition coefficient (Wildman–Crippen LogP) is 1.72. The zero-order valence-electron chi connectivity index (χ0n) is 16.8. The van der Waals surface area contributed by atoms with Crippen LogP contribution in [0.15, 0.2) is 30.3 Å². The van der Waals surface area contributed by atoms with Crippen molar-refractivity contribution in [3.8, 4) is 0 Å². The van der Waals surface area contributed by atoms with Crippen molar-refractivity contribution in [2.24, 2.45) is 7.05 Å². The molecule has 2 heterocycles. The fraction of sp³-hybridized carbons (Fsp3) is 0.550. The van der Waals surface area contributed by atoms with Gasteiger partial charge in [0, 0.05) is 38.8 Å². The highest BCUT2D eigenvalue weighted by Gasteiger charge is 2.28. The second-order valence-electron chi connectivity index (χ2n) is 7.64. The molecule has 1 saturated heterocycles. The molecule has 1 aromatic carbocycles. The van der Waals surface area contributed by atoms with Crippen LogP contribution >= 0.6 is 0 Å². The van der Waals surface area contributed by atoms with Gasteiger partial charge < -0.3 is 19.3 Å². The van der Waals surface area contributed by atoms with Gasteiger partial charge in [0.1, 0.15) is 11.6 Å². The Labute approximate surface area is 161 Å². The first-order valence-electron chi connectivity index (χ1n) is 9.52. The third-order valence-electron chi connectivity index (χ3n) is 5.17. The third kappa shape index (κ3) is 4.66. The Kier molecular flexibility index (Phi) is 6.11. The lowest BCUT2D eigenvalue weighted by Gasteiger charge is -2.33. The van der Waals surface area contributed by atoms with Crippen molar-refractivity contribution in [1.29, 1.82) is 0 Å². The van der Waals surface area contributed by atoms with Gasteiger partial charge in [-0.3, -0.25) is 4.79 Å². The molecule has 2 aromatic rings. The third-order valence-corrected chi connectivity index (χ3v) is 5.17. The monoisotopic (exact) mass is 370 g/mol. The molecule has 0 saturated carbocycles. The summed E-state index contributed by atoms with van der Waals surface area (Å²) in [6.45, 7) is 2.69. The summed E-state index contributed by atoms with van der Waals surface area (Å²) in [5.74, 6) is 2.36. The Morgan fingerprint density at radius 2 is 1.93 bits per heavy atom. The molecular formula is C20H30N6O. The van der Waals surface area contributed by atoms with Crippen LogP contribution in [0.5, 0.6) is 0 Å². The number of para-hydroxylation sites is 1. The molecule has 1 aromatic heterocycles. The zero-order chi connectivity index (χ0) is 19.4. The van der Waals surface area contributed by atoms with Crippen molar-refractivity contribution in [2.45, 2.75) is 25.3 Å². The lowest BCUT2D eigenvalue weighted by Crippen LogP contribution is -2.44. The molecule has 7 heteroatoms. The summed E-state index contributed by atoms with van der Waals surface area (Å²) in [7, 11) is 8.04. The van der Waals surface area contributed by atoms with Crippen LogP contribution in [0.25, 0.3) is 0 Å². The fourth-order valence-corrected chi connectivity index (χ4v) is 3.64. The van der Waals surface area contributed by atoms with Crippen molar-refractivity contribution >= 4 is 11.6 Å². The fourth-order valence-electron chi connectivity index (χ4n) is 3.64. The minimum Gasteiger partial charge on any atom is -0.365 e. The van der Waals surface area contributed by atoms with Gasteiger partial charge in [-0.15, -0.1) is 10.2 Å². The van der Waals surface area contributed by atoms with Gasteiger partial charge in [0.05, 0.1) is 13.1 Å². The standard InChI is InChI=1S/C20H30N6O/c1-23(2)14-18-21-22-20(25(18)4)16-9-8-12-26(13-16)19(27)15-24(3)17-10-6-5-7-11-17/h5-7,10-11,16H,8-9,12-15H2,1-4H3. The van der Waals surface area contributed by atoms with Gasteiger partial charge >= 0.3 is 0 Å². The predicted molar refractivity (Wildman–Crippen MR) is 107 cm³/mol. The van der Waals surface area contributed by atoms with E-state index in [9.17, 15) is 4.79 Å². The second kappa shape index (κ2) is 8.52. The maximum Gasteiger partial charge on any atom is 0.242 e. The number of piperidine rings is 1. The van der Waals surface area contributed by atoms with Gasteiger partial charge in [-0.2, -0.15) is 0 Å². The molecule has 1 fully saturated rings. The lowest BCUT2D eigenvalue weighted by atomic mass is 9.97. The summed E-state index contributed by atoms with van der Waals surface area (Å²) < 4.78 is 2.09. The maximum absolute atomic E-state index is 12.8. The maximum atomic E-state index is 12.8. The molecule has 0 bridgehead atoms. The summed E-state index contributed by atoms with van der Waals surface area (Å²) in [6.07, 6.45) is 2.05. The smallest absolute Gasteiger partial charge is 0.242 e. The van der Waals surface area contributed by atoms with Crippen LogP contribution in [-0.2, 0) is 18.4 Å². The van der Waals surface area contributed by atoms with Crippen LogP contribution in [0.1, 0.15) is 30.4 Å². The van der Waals surface area contributed by atoms with E-state index >= 15 is 0 Å². The van der Waals surface area contributed by atoms with Crippen molar-refractivity contribution in [1.82, 2.24) is 24.6 Å². The van der Waals surface area contributed by atoms with Crippen LogP contribution in [0, 0.1) is 0 Å². The van der Waals surface area contributed by atoms with Gasteiger partial charge in [-0.25, -0.2) is 0 Å². The Morgan fingerprint density at radius 3 is 2.63 bits per heavy atom. The van der Waals surface area contributed by atoms with Crippen molar-refractivity contribution < 1.29 is 4.79 Å². The molecular weight excluding hydrogens is 340 g/mol. The molecule has 1 aliphatic rings. The first kappa shape index (κ1) is 19.4. The number of hydrogen-bond acceptors (Lipinski definition) is 5. The molecule has 1 aliphatic heterocycles. The minimum absolute atomic E-state index is 0.168. The van der Waals surface area contributed by atoms with E-state index in [2.05, 4.69) is 19.7 Å². The molecule has 0 spiro atoms. The zero-order valence-corrected chi connectivity index (χ0v) is 16.8. The normalized spacial score (nSPS) is 17.4. The van der Waals surface area contributed by atoms with E-state index in [1.165, 1.54) is 0 Å². The first-order valence-corrected chi connectivity index (χ1v) is 9.52. The molecule has 7 nitrogen and oxygen atoms in total. The summed E-state index contributed by atoms with van der Waals surface area (Å²) in [5.41, 5.74) is 1.06. The number of nitrogens with zero attached hydrogens (tertiary/aromatic N) is 6. The van der Waals surface area contributed by atoms with Crippen LogP contribution in [0.3, 0.4) is 0 Å². The topological polar surface area (TPSA) is 57.5 Å². The number of likely N-dealkylation sites (N-methyl/N-ethyl adjacent to an activating group) is 1. The number of benzene rings is 1. The first-order chi connectivity index (χ1) is 13.0. The number of hydrogen-bond donors (Lipinski definition) is 0. The van der Waals surface area contributed by atoms with Crippen LogP contribution in [-0.4, -0.2) is 71.2 Å². The van der Waals surface area contributed by atoms with Gasteiger partial charge in [0.2, 0.25) is 5.91 Å². The molecule has 146 valence electrons. The highest BCUT2D eigenvalue weighted by molar-refractivity contribution is 5.81. The number of carbonyl (C=O) groups is 1. The van der Waals surface area contributed by atoms with E-state index in [-0.39, 0.29) is 11.8 Å². The van der Waals surface area contributed by atoms with Crippen LogP contribution in [0.4, 0.5) is 5.69 Å². The molecule has 0 aliphatic carbocycles. The summed E-state index contributed by atoms with van der Waals surface area (Å²) >= 11 is 0. The summed E-state index contributed by atoms with van der Waals surface area (Å²) in [4.78, 5) is 18.9. The number of anilines is 1. The molecule has 1 unspecified atom stereocenters. The molecule has 0 N–H and O–H groups in total. The summed E-state index contributed by atoms with van der Waals surface area (Å²) in [5, 5.41) is 8.78. The highest BCUT2D eigenvalue weighted by atomic mass is 16.2.